The molecule has 0 heterocycles. The maximum absolute atomic E-state index is 10.5. The highest BCUT2D eigenvalue weighted by Crippen LogP contribution is 2.12. The van der Waals surface area contributed by atoms with Crippen LogP contribution < -0.4 is 4.74 Å². The number of carboxylic acids is 1. The number of aliphatic carboxylic acids is 1. The zero-order valence-electron chi connectivity index (χ0n) is 12.5. The fourth-order valence-electron chi connectivity index (χ4n) is 1.98. The molecule has 4 heteroatoms. The zero-order chi connectivity index (χ0) is 14.8. The van der Waals surface area contributed by atoms with Gasteiger partial charge in [-0.05, 0) is 37.1 Å². The molecule has 0 spiro atoms. The summed E-state index contributed by atoms with van der Waals surface area (Å²) in [6.07, 6.45) is 2.14. The number of benzene rings is 1. The number of hydrogen-bond donors (Lipinski definition) is 1. The Hall–Kier alpha value is -1.55. The molecule has 0 aliphatic heterocycles. The van der Waals surface area contributed by atoms with Crippen molar-refractivity contribution < 1.29 is 14.6 Å². The molecule has 1 aromatic rings. The summed E-state index contributed by atoms with van der Waals surface area (Å²) in [7, 11) is 0. The molecule has 0 saturated heterocycles. The number of rotatable bonds is 10. The van der Waals surface area contributed by atoms with Gasteiger partial charge < -0.3 is 14.7 Å². The smallest absolute Gasteiger partial charge is 0.304 e. The summed E-state index contributed by atoms with van der Waals surface area (Å²) in [5, 5.41) is 8.67. The van der Waals surface area contributed by atoms with Crippen LogP contribution >= 0.6 is 0 Å². The first kappa shape index (κ1) is 16.5. The third-order valence-corrected chi connectivity index (χ3v) is 3.31. The van der Waals surface area contributed by atoms with E-state index in [4.69, 9.17) is 9.84 Å². The molecule has 0 amide bonds. The fraction of sp³-hybridized carbons (Fsp3) is 0.562. The van der Waals surface area contributed by atoms with Crippen molar-refractivity contribution in [3.05, 3.63) is 29.8 Å². The van der Waals surface area contributed by atoms with Crippen molar-refractivity contribution >= 4 is 5.97 Å². The van der Waals surface area contributed by atoms with Gasteiger partial charge in [-0.2, -0.15) is 0 Å². The van der Waals surface area contributed by atoms with Crippen molar-refractivity contribution in [2.45, 2.75) is 33.1 Å². The lowest BCUT2D eigenvalue weighted by atomic mass is 10.2. The number of nitrogens with zero attached hydrogens (tertiary/aromatic N) is 1. The second kappa shape index (κ2) is 9.37. The monoisotopic (exact) mass is 279 g/mol. The van der Waals surface area contributed by atoms with Crippen molar-refractivity contribution in [1.29, 1.82) is 0 Å². The molecule has 1 aromatic carbocycles. The Morgan fingerprint density at radius 2 is 1.90 bits per heavy atom. The molecule has 0 aliphatic rings. The first-order valence-corrected chi connectivity index (χ1v) is 7.31. The van der Waals surface area contributed by atoms with Crippen LogP contribution in [0.3, 0.4) is 0 Å². The van der Waals surface area contributed by atoms with Crippen LogP contribution in [0.5, 0.6) is 5.75 Å². The second-order valence-electron chi connectivity index (χ2n) is 4.78. The topological polar surface area (TPSA) is 49.8 Å². The van der Waals surface area contributed by atoms with E-state index in [1.54, 1.807) is 0 Å². The minimum absolute atomic E-state index is 0.202. The molecule has 1 rings (SSSR count). The Morgan fingerprint density at radius 1 is 1.20 bits per heavy atom. The minimum atomic E-state index is -0.740. The Bertz CT molecular complexity index is 389. The highest BCUT2D eigenvalue weighted by Gasteiger charge is 2.05. The van der Waals surface area contributed by atoms with E-state index < -0.39 is 5.97 Å². The molecule has 0 radical (unpaired) electrons. The van der Waals surface area contributed by atoms with Gasteiger partial charge >= 0.3 is 5.97 Å². The first-order chi connectivity index (χ1) is 9.65. The quantitative estimate of drug-likeness (QED) is 0.669. The summed E-state index contributed by atoms with van der Waals surface area (Å²) in [4.78, 5) is 12.7. The summed E-state index contributed by atoms with van der Waals surface area (Å²) in [6.45, 7) is 7.19. The first-order valence-electron chi connectivity index (χ1n) is 7.31. The number of carbonyl (C=O) groups is 1. The maximum Gasteiger partial charge on any atom is 0.304 e. The van der Waals surface area contributed by atoms with E-state index in [1.165, 1.54) is 5.56 Å². The van der Waals surface area contributed by atoms with E-state index in [2.05, 4.69) is 24.0 Å². The van der Waals surface area contributed by atoms with Gasteiger partial charge in [-0.1, -0.05) is 26.0 Å². The average Bonchev–Trinajstić information content (AvgIpc) is 2.47. The zero-order valence-corrected chi connectivity index (χ0v) is 12.5. The predicted molar refractivity (Wildman–Crippen MR) is 80.3 cm³/mol. The summed E-state index contributed by atoms with van der Waals surface area (Å²) in [5.74, 6) is 0.159. The summed E-state index contributed by atoms with van der Waals surface area (Å²) in [5.41, 5.74) is 1.31. The molecule has 0 saturated carbocycles. The largest absolute Gasteiger partial charge is 0.494 e. The van der Waals surface area contributed by atoms with Gasteiger partial charge in [-0.25, -0.2) is 0 Å². The fourth-order valence-corrected chi connectivity index (χ4v) is 1.98. The summed E-state index contributed by atoms with van der Waals surface area (Å²) in [6, 6.07) is 8.17. The van der Waals surface area contributed by atoms with Crippen LogP contribution in [0.1, 0.15) is 32.3 Å². The summed E-state index contributed by atoms with van der Waals surface area (Å²) < 4.78 is 5.68. The standard InChI is InChI=1S/C16H25NO3/c1-3-14-6-8-15(9-7-14)20-13-5-11-17(4-2)12-10-16(18)19/h6-9H,3-5,10-13H2,1-2H3,(H,18,19). The Morgan fingerprint density at radius 3 is 2.45 bits per heavy atom. The average molecular weight is 279 g/mol. The lowest BCUT2D eigenvalue weighted by Crippen LogP contribution is -2.28. The number of ether oxygens (including phenoxy) is 1. The van der Waals surface area contributed by atoms with Gasteiger partial charge in [0.2, 0.25) is 0 Å². The highest BCUT2D eigenvalue weighted by molar-refractivity contribution is 5.66. The molecule has 0 unspecified atom stereocenters. The molecule has 4 nitrogen and oxygen atoms in total. The Labute approximate surface area is 121 Å². The van der Waals surface area contributed by atoms with Gasteiger partial charge in [0.05, 0.1) is 13.0 Å². The second-order valence-corrected chi connectivity index (χ2v) is 4.78. The van der Waals surface area contributed by atoms with Crippen LogP contribution in [0.2, 0.25) is 0 Å². The van der Waals surface area contributed by atoms with E-state index in [1.807, 2.05) is 19.1 Å². The Kier molecular flexibility index (Phi) is 7.73. The van der Waals surface area contributed by atoms with Crippen LogP contribution in [-0.4, -0.2) is 42.2 Å². The molecular weight excluding hydrogens is 254 g/mol. The number of aryl methyl sites for hydroxylation is 1. The predicted octanol–water partition coefficient (Wildman–Crippen LogP) is 2.81. The van der Waals surface area contributed by atoms with Gasteiger partial charge in [0.15, 0.2) is 0 Å². The number of hydrogen-bond acceptors (Lipinski definition) is 3. The normalized spacial score (nSPS) is 10.8. The van der Waals surface area contributed by atoms with Crippen LogP contribution in [0.15, 0.2) is 24.3 Å². The van der Waals surface area contributed by atoms with Crippen molar-refractivity contribution in [1.82, 2.24) is 4.90 Å². The third-order valence-electron chi connectivity index (χ3n) is 3.31. The molecule has 0 atom stereocenters. The minimum Gasteiger partial charge on any atom is -0.494 e. The Balaban J connectivity index is 2.20. The van der Waals surface area contributed by atoms with Gasteiger partial charge in [0.25, 0.3) is 0 Å². The van der Waals surface area contributed by atoms with Gasteiger partial charge in [-0.15, -0.1) is 0 Å². The van der Waals surface area contributed by atoms with Gasteiger partial charge in [-0.3, -0.25) is 4.79 Å². The maximum atomic E-state index is 10.5. The van der Waals surface area contributed by atoms with E-state index in [9.17, 15) is 4.79 Å². The molecule has 112 valence electrons. The molecule has 0 bridgehead atoms. The van der Waals surface area contributed by atoms with E-state index in [-0.39, 0.29) is 6.42 Å². The van der Waals surface area contributed by atoms with Gasteiger partial charge in [0.1, 0.15) is 5.75 Å². The molecule has 0 aliphatic carbocycles. The third kappa shape index (κ3) is 6.57. The molecule has 20 heavy (non-hydrogen) atoms. The van der Waals surface area contributed by atoms with E-state index in [0.717, 1.165) is 31.7 Å². The SMILES string of the molecule is CCc1ccc(OCCCN(CC)CCC(=O)O)cc1. The van der Waals surface area contributed by atoms with Crippen molar-refractivity contribution in [3.8, 4) is 5.75 Å². The van der Waals surface area contributed by atoms with Gasteiger partial charge in [0, 0.05) is 13.1 Å². The van der Waals surface area contributed by atoms with E-state index >= 15 is 0 Å². The van der Waals surface area contributed by atoms with Crippen LogP contribution in [-0.2, 0) is 11.2 Å². The highest BCUT2D eigenvalue weighted by atomic mass is 16.5. The molecular formula is C16H25NO3. The number of carboxylic acid groups (broad SMARTS) is 1. The van der Waals surface area contributed by atoms with Crippen LogP contribution in [0.4, 0.5) is 0 Å². The lowest BCUT2D eigenvalue weighted by Gasteiger charge is -2.19. The van der Waals surface area contributed by atoms with E-state index in [0.29, 0.717) is 13.2 Å². The lowest BCUT2D eigenvalue weighted by molar-refractivity contribution is -0.137. The van der Waals surface area contributed by atoms with Crippen LogP contribution in [0.25, 0.3) is 0 Å². The van der Waals surface area contributed by atoms with Crippen molar-refractivity contribution in [2.24, 2.45) is 0 Å². The van der Waals surface area contributed by atoms with Crippen molar-refractivity contribution in [2.75, 3.05) is 26.2 Å². The summed E-state index contributed by atoms with van der Waals surface area (Å²) >= 11 is 0. The molecule has 1 N–H and O–H groups in total. The molecule has 0 fully saturated rings. The molecule has 0 aromatic heterocycles. The van der Waals surface area contributed by atoms with Crippen LogP contribution in [0, 0.1) is 0 Å². The van der Waals surface area contributed by atoms with Crippen molar-refractivity contribution in [3.63, 3.8) is 0 Å².